The number of ether oxygens (including phenoxy) is 1. The van der Waals surface area contributed by atoms with Crippen LogP contribution in [0.15, 0.2) is 57.9 Å². The smallest absolute Gasteiger partial charge is 0.257 e. The number of carbonyl (C=O) groups is 1. The second kappa shape index (κ2) is 9.19. The summed E-state index contributed by atoms with van der Waals surface area (Å²) >= 11 is 9.00. The summed E-state index contributed by atoms with van der Waals surface area (Å²) < 4.78 is 32.6. The van der Waals surface area contributed by atoms with Gasteiger partial charge in [-0.1, -0.05) is 27.5 Å². The molecular formula is C16H16BrClN2O4S. The zero-order valence-electron chi connectivity index (χ0n) is 13.0. The van der Waals surface area contributed by atoms with Crippen LogP contribution in [0, 0.1) is 0 Å². The Bertz CT molecular complexity index is 811. The molecule has 0 saturated heterocycles. The highest BCUT2D eigenvalue weighted by Crippen LogP contribution is 2.15. The first-order valence-corrected chi connectivity index (χ1v) is 9.92. The zero-order valence-corrected chi connectivity index (χ0v) is 16.2. The summed E-state index contributed by atoms with van der Waals surface area (Å²) in [4.78, 5) is 11.8. The van der Waals surface area contributed by atoms with Gasteiger partial charge < -0.3 is 10.1 Å². The standard InChI is InChI=1S/C16H16BrClN2O4S/c17-12-1-7-15(8-2-12)25(22,23)20-10-9-19-16(21)11-24-14-5-3-13(18)4-6-14/h1-8,20H,9-11H2,(H,19,21). The first-order chi connectivity index (χ1) is 11.9. The van der Waals surface area contributed by atoms with Gasteiger partial charge in [0.25, 0.3) is 5.91 Å². The second-order valence-corrected chi connectivity index (χ2v) is 8.06. The Labute approximate surface area is 159 Å². The Hall–Kier alpha value is -1.61. The van der Waals surface area contributed by atoms with E-state index in [1.54, 1.807) is 36.4 Å². The summed E-state index contributed by atoms with van der Waals surface area (Å²) in [7, 11) is -3.60. The number of rotatable bonds is 8. The van der Waals surface area contributed by atoms with Gasteiger partial charge in [-0.2, -0.15) is 0 Å². The molecule has 25 heavy (non-hydrogen) atoms. The molecule has 0 heterocycles. The van der Waals surface area contributed by atoms with E-state index in [2.05, 4.69) is 26.0 Å². The van der Waals surface area contributed by atoms with Crippen LogP contribution in [0.4, 0.5) is 0 Å². The van der Waals surface area contributed by atoms with Gasteiger partial charge in [-0.05, 0) is 48.5 Å². The van der Waals surface area contributed by atoms with Crippen LogP contribution in [-0.4, -0.2) is 34.0 Å². The molecule has 1 amide bonds. The van der Waals surface area contributed by atoms with E-state index in [1.165, 1.54) is 12.1 Å². The molecule has 2 N–H and O–H groups in total. The van der Waals surface area contributed by atoms with E-state index in [9.17, 15) is 13.2 Å². The number of hydrogen-bond donors (Lipinski definition) is 2. The lowest BCUT2D eigenvalue weighted by Gasteiger charge is -2.09. The van der Waals surface area contributed by atoms with Crippen LogP contribution < -0.4 is 14.8 Å². The molecule has 0 unspecified atom stereocenters. The molecule has 2 aromatic carbocycles. The van der Waals surface area contributed by atoms with Gasteiger partial charge >= 0.3 is 0 Å². The van der Waals surface area contributed by atoms with Crippen molar-refractivity contribution in [2.24, 2.45) is 0 Å². The summed E-state index contributed by atoms with van der Waals surface area (Å²) in [6, 6.07) is 12.9. The van der Waals surface area contributed by atoms with Gasteiger partial charge in [0.1, 0.15) is 5.75 Å². The quantitative estimate of drug-likeness (QED) is 0.609. The van der Waals surface area contributed by atoms with Crippen molar-refractivity contribution in [1.82, 2.24) is 10.0 Å². The minimum atomic E-state index is -3.60. The van der Waals surface area contributed by atoms with E-state index >= 15 is 0 Å². The van der Waals surface area contributed by atoms with Crippen LogP contribution >= 0.6 is 27.5 Å². The van der Waals surface area contributed by atoms with E-state index in [0.717, 1.165) is 4.47 Å². The SMILES string of the molecule is O=C(COc1ccc(Cl)cc1)NCCNS(=O)(=O)c1ccc(Br)cc1. The van der Waals surface area contributed by atoms with Crippen LogP contribution in [0.5, 0.6) is 5.75 Å². The van der Waals surface area contributed by atoms with Gasteiger partial charge in [0, 0.05) is 22.6 Å². The predicted octanol–water partition coefficient (Wildman–Crippen LogP) is 2.58. The van der Waals surface area contributed by atoms with Crippen molar-refractivity contribution < 1.29 is 17.9 Å². The van der Waals surface area contributed by atoms with E-state index in [1.807, 2.05) is 0 Å². The highest BCUT2D eigenvalue weighted by molar-refractivity contribution is 9.10. The molecule has 0 aromatic heterocycles. The number of benzene rings is 2. The highest BCUT2D eigenvalue weighted by Gasteiger charge is 2.13. The summed E-state index contributed by atoms with van der Waals surface area (Å²) in [6.07, 6.45) is 0. The summed E-state index contributed by atoms with van der Waals surface area (Å²) in [5, 5.41) is 3.15. The number of halogens is 2. The van der Waals surface area contributed by atoms with Crippen LogP contribution in [0.3, 0.4) is 0 Å². The molecular weight excluding hydrogens is 432 g/mol. The molecule has 2 aromatic rings. The zero-order chi connectivity index (χ0) is 18.3. The minimum Gasteiger partial charge on any atom is -0.484 e. The van der Waals surface area contributed by atoms with Crippen molar-refractivity contribution in [2.45, 2.75) is 4.90 Å². The van der Waals surface area contributed by atoms with Gasteiger partial charge in [0.2, 0.25) is 10.0 Å². The summed E-state index contributed by atoms with van der Waals surface area (Å²) in [6.45, 7) is 0.0603. The highest BCUT2D eigenvalue weighted by atomic mass is 79.9. The largest absolute Gasteiger partial charge is 0.484 e. The number of carbonyl (C=O) groups excluding carboxylic acids is 1. The number of hydrogen-bond acceptors (Lipinski definition) is 4. The van der Waals surface area contributed by atoms with E-state index in [0.29, 0.717) is 10.8 Å². The number of amides is 1. The Kier molecular flexibility index (Phi) is 7.24. The average molecular weight is 448 g/mol. The Morgan fingerprint density at radius 1 is 1.04 bits per heavy atom. The fraction of sp³-hybridized carbons (Fsp3) is 0.188. The first kappa shape index (κ1) is 19.7. The lowest BCUT2D eigenvalue weighted by molar-refractivity contribution is -0.123. The van der Waals surface area contributed by atoms with Crippen molar-refractivity contribution in [3.8, 4) is 5.75 Å². The Morgan fingerprint density at radius 3 is 2.32 bits per heavy atom. The Morgan fingerprint density at radius 2 is 1.68 bits per heavy atom. The van der Waals surface area contributed by atoms with Crippen molar-refractivity contribution >= 4 is 43.5 Å². The number of sulfonamides is 1. The lowest BCUT2D eigenvalue weighted by Crippen LogP contribution is -2.36. The van der Waals surface area contributed by atoms with Gasteiger partial charge in [0.05, 0.1) is 4.90 Å². The monoisotopic (exact) mass is 446 g/mol. The lowest BCUT2D eigenvalue weighted by atomic mass is 10.3. The van der Waals surface area contributed by atoms with Gasteiger partial charge in [0.15, 0.2) is 6.61 Å². The van der Waals surface area contributed by atoms with Gasteiger partial charge in [-0.3, -0.25) is 4.79 Å². The fourth-order valence-corrected chi connectivity index (χ4v) is 3.24. The topological polar surface area (TPSA) is 84.5 Å². The van der Waals surface area contributed by atoms with Crippen molar-refractivity contribution in [3.63, 3.8) is 0 Å². The third-order valence-corrected chi connectivity index (χ3v) is 5.30. The third-order valence-electron chi connectivity index (χ3n) is 3.05. The molecule has 9 heteroatoms. The van der Waals surface area contributed by atoms with Gasteiger partial charge in [-0.15, -0.1) is 0 Å². The molecule has 6 nitrogen and oxygen atoms in total. The van der Waals surface area contributed by atoms with Crippen LogP contribution in [-0.2, 0) is 14.8 Å². The molecule has 0 aliphatic rings. The van der Waals surface area contributed by atoms with Crippen molar-refractivity contribution in [1.29, 1.82) is 0 Å². The Balaban J connectivity index is 1.70. The molecule has 0 aliphatic carbocycles. The predicted molar refractivity (Wildman–Crippen MR) is 99.3 cm³/mol. The molecule has 0 atom stereocenters. The number of nitrogens with one attached hydrogen (secondary N) is 2. The molecule has 0 aliphatic heterocycles. The van der Waals surface area contributed by atoms with Crippen LogP contribution in [0.2, 0.25) is 5.02 Å². The molecule has 0 saturated carbocycles. The van der Waals surface area contributed by atoms with Gasteiger partial charge in [-0.25, -0.2) is 13.1 Å². The van der Waals surface area contributed by atoms with Crippen molar-refractivity contribution in [3.05, 3.63) is 58.0 Å². The minimum absolute atomic E-state index is 0.0745. The molecule has 2 rings (SSSR count). The summed E-state index contributed by atoms with van der Waals surface area (Å²) in [5.41, 5.74) is 0. The first-order valence-electron chi connectivity index (χ1n) is 7.27. The second-order valence-electron chi connectivity index (χ2n) is 4.94. The van der Waals surface area contributed by atoms with Crippen LogP contribution in [0.1, 0.15) is 0 Å². The van der Waals surface area contributed by atoms with Crippen LogP contribution in [0.25, 0.3) is 0 Å². The van der Waals surface area contributed by atoms with E-state index in [-0.39, 0.29) is 30.5 Å². The summed E-state index contributed by atoms with van der Waals surface area (Å²) in [5.74, 6) is 0.174. The average Bonchev–Trinajstić information content (AvgIpc) is 2.59. The molecule has 0 spiro atoms. The maximum atomic E-state index is 12.1. The fourth-order valence-electron chi connectivity index (χ4n) is 1.82. The molecule has 0 bridgehead atoms. The third kappa shape index (κ3) is 6.66. The van der Waals surface area contributed by atoms with Crippen molar-refractivity contribution in [2.75, 3.05) is 19.7 Å². The molecule has 0 fully saturated rings. The molecule has 0 radical (unpaired) electrons. The van der Waals surface area contributed by atoms with E-state index in [4.69, 9.17) is 16.3 Å². The van der Waals surface area contributed by atoms with E-state index < -0.39 is 10.0 Å². The maximum Gasteiger partial charge on any atom is 0.257 e. The normalized spacial score (nSPS) is 11.1. The maximum absolute atomic E-state index is 12.1. The molecule has 134 valence electrons.